The lowest BCUT2D eigenvalue weighted by atomic mass is 10.2. The van der Waals surface area contributed by atoms with Crippen molar-refractivity contribution in [2.45, 2.75) is 33.2 Å². The van der Waals surface area contributed by atoms with Crippen LogP contribution in [0.5, 0.6) is 0 Å². The van der Waals surface area contributed by atoms with E-state index in [-0.39, 0.29) is 5.28 Å². The minimum absolute atomic E-state index is 0.237. The van der Waals surface area contributed by atoms with Gasteiger partial charge in [-0.3, -0.25) is 0 Å². The van der Waals surface area contributed by atoms with Crippen LogP contribution in [0.4, 0.5) is 11.9 Å². The number of rotatable bonds is 5. The summed E-state index contributed by atoms with van der Waals surface area (Å²) >= 11 is 5.93. The lowest BCUT2D eigenvalue weighted by Crippen LogP contribution is -2.34. The molecule has 1 rings (SSSR count). The summed E-state index contributed by atoms with van der Waals surface area (Å²) in [7, 11) is 3.77. The average Bonchev–Trinajstić information content (AvgIpc) is 2.28. The molecule has 0 fully saturated rings. The summed E-state index contributed by atoms with van der Waals surface area (Å²) in [5.41, 5.74) is 0. The lowest BCUT2D eigenvalue weighted by Gasteiger charge is -2.27. The minimum Gasteiger partial charge on any atom is -0.347 e. The van der Waals surface area contributed by atoms with Crippen LogP contribution in [0.3, 0.4) is 0 Å². The van der Waals surface area contributed by atoms with Crippen molar-refractivity contribution in [2.24, 2.45) is 0 Å². The molecule has 1 aromatic rings. The Bertz CT molecular complexity index is 369. The molecular formula is C11H20ClN5. The van der Waals surface area contributed by atoms with Crippen molar-refractivity contribution >= 4 is 23.5 Å². The van der Waals surface area contributed by atoms with Gasteiger partial charge in [-0.05, 0) is 31.9 Å². The molecule has 0 bridgehead atoms. The Labute approximate surface area is 108 Å². The number of aromatic nitrogens is 3. The van der Waals surface area contributed by atoms with Crippen LogP contribution in [0.2, 0.25) is 5.28 Å². The van der Waals surface area contributed by atoms with Gasteiger partial charge in [0, 0.05) is 26.7 Å². The summed E-state index contributed by atoms with van der Waals surface area (Å²) in [5.74, 6) is 1.23. The highest BCUT2D eigenvalue weighted by Gasteiger charge is 2.16. The van der Waals surface area contributed by atoms with Gasteiger partial charge in [0.15, 0.2) is 0 Å². The van der Waals surface area contributed by atoms with Gasteiger partial charge in [0.2, 0.25) is 17.2 Å². The molecule has 1 unspecified atom stereocenters. The first-order chi connectivity index (χ1) is 7.99. The lowest BCUT2D eigenvalue weighted by molar-refractivity contribution is 0.613. The van der Waals surface area contributed by atoms with Gasteiger partial charge in [-0.25, -0.2) is 0 Å². The highest BCUT2D eigenvalue weighted by atomic mass is 35.5. The third-order valence-electron chi connectivity index (χ3n) is 2.70. The molecule has 0 aliphatic carbocycles. The van der Waals surface area contributed by atoms with E-state index in [1.54, 1.807) is 0 Å². The van der Waals surface area contributed by atoms with Crippen LogP contribution >= 0.6 is 11.6 Å². The van der Waals surface area contributed by atoms with Gasteiger partial charge in [-0.2, -0.15) is 15.0 Å². The SMILES string of the molecule is CCC(C)N(CC)c1nc(Cl)nc(N(C)C)n1. The largest absolute Gasteiger partial charge is 0.347 e. The van der Waals surface area contributed by atoms with E-state index >= 15 is 0 Å². The standard InChI is InChI=1S/C11H20ClN5/c1-6-8(3)17(7-2)11-14-9(12)13-10(15-11)16(4)5/h8H,6-7H2,1-5H3. The molecule has 0 amide bonds. The summed E-state index contributed by atoms with van der Waals surface area (Å²) in [4.78, 5) is 16.6. The van der Waals surface area contributed by atoms with E-state index in [9.17, 15) is 0 Å². The van der Waals surface area contributed by atoms with Crippen molar-refractivity contribution < 1.29 is 0 Å². The fourth-order valence-corrected chi connectivity index (χ4v) is 1.68. The maximum absolute atomic E-state index is 5.93. The van der Waals surface area contributed by atoms with Gasteiger partial charge >= 0.3 is 0 Å². The van der Waals surface area contributed by atoms with Crippen molar-refractivity contribution in [2.75, 3.05) is 30.4 Å². The van der Waals surface area contributed by atoms with Crippen molar-refractivity contribution in [1.29, 1.82) is 0 Å². The Kier molecular flexibility index (Phi) is 4.93. The first-order valence-corrected chi connectivity index (χ1v) is 6.22. The Morgan fingerprint density at radius 1 is 1.12 bits per heavy atom. The second-order valence-corrected chi connectivity index (χ2v) is 4.48. The Hall–Kier alpha value is -1.10. The zero-order chi connectivity index (χ0) is 13.0. The van der Waals surface area contributed by atoms with Crippen molar-refractivity contribution in [3.8, 4) is 0 Å². The third-order valence-corrected chi connectivity index (χ3v) is 2.87. The van der Waals surface area contributed by atoms with E-state index in [1.807, 2.05) is 19.0 Å². The number of anilines is 2. The average molecular weight is 258 g/mol. The molecule has 0 spiro atoms. The van der Waals surface area contributed by atoms with Gasteiger partial charge in [0.1, 0.15) is 0 Å². The molecule has 17 heavy (non-hydrogen) atoms. The van der Waals surface area contributed by atoms with E-state index in [0.29, 0.717) is 17.9 Å². The minimum atomic E-state index is 0.237. The number of hydrogen-bond acceptors (Lipinski definition) is 5. The highest BCUT2D eigenvalue weighted by molar-refractivity contribution is 6.28. The molecule has 0 aliphatic rings. The Morgan fingerprint density at radius 3 is 2.18 bits per heavy atom. The molecule has 0 N–H and O–H groups in total. The van der Waals surface area contributed by atoms with E-state index in [1.165, 1.54) is 0 Å². The summed E-state index contributed by atoms with van der Waals surface area (Å²) in [6.45, 7) is 7.22. The fourth-order valence-electron chi connectivity index (χ4n) is 1.53. The molecule has 5 nitrogen and oxygen atoms in total. The highest BCUT2D eigenvalue weighted by Crippen LogP contribution is 2.18. The second-order valence-electron chi connectivity index (χ2n) is 4.14. The van der Waals surface area contributed by atoms with Crippen LogP contribution in [0.25, 0.3) is 0 Å². The maximum atomic E-state index is 5.93. The summed E-state index contributed by atoms with van der Waals surface area (Å²) < 4.78 is 0. The summed E-state index contributed by atoms with van der Waals surface area (Å²) in [6.07, 6.45) is 1.04. The van der Waals surface area contributed by atoms with Crippen LogP contribution in [-0.2, 0) is 0 Å². The predicted octanol–water partition coefficient (Wildman–Crippen LogP) is 2.22. The first kappa shape index (κ1) is 14.0. The third kappa shape index (κ3) is 3.43. The van der Waals surface area contributed by atoms with Gasteiger partial charge in [-0.1, -0.05) is 6.92 Å². The molecule has 0 saturated heterocycles. The van der Waals surface area contributed by atoms with Gasteiger partial charge in [0.25, 0.3) is 0 Å². The molecule has 0 aliphatic heterocycles. The molecule has 0 saturated carbocycles. The maximum Gasteiger partial charge on any atom is 0.231 e. The normalized spacial score (nSPS) is 12.4. The molecule has 6 heteroatoms. The number of nitrogens with zero attached hydrogens (tertiary/aromatic N) is 5. The van der Waals surface area contributed by atoms with Crippen molar-refractivity contribution in [3.63, 3.8) is 0 Å². The van der Waals surface area contributed by atoms with Gasteiger partial charge in [0.05, 0.1) is 0 Å². The quantitative estimate of drug-likeness (QED) is 0.809. The van der Waals surface area contributed by atoms with Crippen molar-refractivity contribution in [1.82, 2.24) is 15.0 Å². The van der Waals surface area contributed by atoms with Crippen LogP contribution in [0, 0.1) is 0 Å². The molecular weight excluding hydrogens is 238 g/mol. The van der Waals surface area contributed by atoms with E-state index in [2.05, 4.69) is 40.6 Å². The summed E-state index contributed by atoms with van der Waals surface area (Å²) in [6, 6.07) is 0.383. The number of hydrogen-bond donors (Lipinski definition) is 0. The van der Waals surface area contributed by atoms with E-state index in [0.717, 1.165) is 13.0 Å². The van der Waals surface area contributed by atoms with Gasteiger partial charge in [-0.15, -0.1) is 0 Å². The fraction of sp³-hybridized carbons (Fsp3) is 0.727. The van der Waals surface area contributed by atoms with Crippen molar-refractivity contribution in [3.05, 3.63) is 5.28 Å². The zero-order valence-corrected chi connectivity index (χ0v) is 11.9. The summed E-state index contributed by atoms with van der Waals surface area (Å²) in [5, 5.41) is 0.237. The monoisotopic (exact) mass is 257 g/mol. The Balaban J connectivity index is 3.11. The molecule has 0 aromatic carbocycles. The zero-order valence-electron chi connectivity index (χ0n) is 11.1. The number of halogens is 1. The predicted molar refractivity (Wildman–Crippen MR) is 71.9 cm³/mol. The Morgan fingerprint density at radius 2 is 1.71 bits per heavy atom. The van der Waals surface area contributed by atoms with Crippen LogP contribution in [0.15, 0.2) is 0 Å². The second kappa shape index (κ2) is 6.00. The first-order valence-electron chi connectivity index (χ1n) is 5.85. The van der Waals surface area contributed by atoms with E-state index in [4.69, 9.17) is 11.6 Å². The van der Waals surface area contributed by atoms with E-state index < -0.39 is 0 Å². The van der Waals surface area contributed by atoms with Crippen LogP contribution < -0.4 is 9.80 Å². The van der Waals surface area contributed by atoms with Crippen LogP contribution in [0.1, 0.15) is 27.2 Å². The molecule has 1 aromatic heterocycles. The molecule has 1 heterocycles. The van der Waals surface area contributed by atoms with Gasteiger partial charge < -0.3 is 9.80 Å². The molecule has 0 radical (unpaired) electrons. The molecule has 96 valence electrons. The topological polar surface area (TPSA) is 45.2 Å². The van der Waals surface area contributed by atoms with Crippen LogP contribution in [-0.4, -0.2) is 41.6 Å². The molecule has 1 atom stereocenters. The smallest absolute Gasteiger partial charge is 0.231 e.